The lowest BCUT2D eigenvalue weighted by Gasteiger charge is -2.35. The van der Waals surface area contributed by atoms with E-state index in [1.165, 1.54) is 11.0 Å². The molecule has 0 saturated heterocycles. The van der Waals surface area contributed by atoms with Crippen LogP contribution in [0.25, 0.3) is 11.4 Å². The van der Waals surface area contributed by atoms with E-state index in [9.17, 15) is 13.6 Å². The highest BCUT2D eigenvalue weighted by atomic mass is 19.2. The summed E-state index contributed by atoms with van der Waals surface area (Å²) in [6, 6.07) is 4.38. The monoisotopic (exact) mass is 497 g/mol. The number of imidazole rings is 1. The fourth-order valence-electron chi connectivity index (χ4n) is 4.11. The Labute approximate surface area is 209 Å². The molecule has 186 valence electrons. The van der Waals surface area contributed by atoms with Gasteiger partial charge in [-0.15, -0.1) is 0 Å². The summed E-state index contributed by atoms with van der Waals surface area (Å²) in [5.74, 6) is -1.50. The van der Waals surface area contributed by atoms with Crippen LogP contribution in [-0.4, -0.2) is 59.8 Å². The van der Waals surface area contributed by atoms with Crippen LogP contribution in [0.3, 0.4) is 0 Å². The quantitative estimate of drug-likeness (QED) is 0.419. The summed E-state index contributed by atoms with van der Waals surface area (Å²) in [6.07, 6.45) is 4.92. The molecular weight excluding hydrogens is 470 g/mol. The second-order valence-corrected chi connectivity index (χ2v) is 8.44. The molecule has 5 rings (SSSR count). The van der Waals surface area contributed by atoms with Crippen LogP contribution >= 0.6 is 0 Å². The Hall–Kier alpha value is -4.19. The Bertz CT molecular complexity index is 1540. The van der Waals surface area contributed by atoms with Gasteiger partial charge in [0.05, 0.1) is 28.7 Å². The topological polar surface area (TPSA) is 103 Å². The molecule has 1 N–H and O–H groups in total. The van der Waals surface area contributed by atoms with Gasteiger partial charge in [-0.2, -0.15) is 5.10 Å². The van der Waals surface area contributed by atoms with E-state index in [1.807, 2.05) is 6.92 Å². The van der Waals surface area contributed by atoms with Gasteiger partial charge in [-0.05, 0) is 30.2 Å². The minimum atomic E-state index is -2.67. The van der Waals surface area contributed by atoms with Crippen LogP contribution in [0.5, 0.6) is 0 Å². The third kappa shape index (κ3) is 4.42. The average Bonchev–Trinajstić information content (AvgIpc) is 3.49. The summed E-state index contributed by atoms with van der Waals surface area (Å²) < 4.78 is 57.8. The van der Waals surface area contributed by atoms with Crippen molar-refractivity contribution in [3.05, 3.63) is 71.4 Å². The lowest BCUT2D eigenvalue weighted by Crippen LogP contribution is -2.49. The number of carbonyl (C=O) groups excluding carboxylic acids is 1. The second kappa shape index (κ2) is 9.46. The number of ether oxygens (including phenoxy) is 1. The number of carbonyl (C=O) groups is 1. The molecule has 4 aromatic rings. The van der Waals surface area contributed by atoms with Crippen molar-refractivity contribution >= 4 is 17.7 Å². The number of anilines is 2. The predicted octanol–water partition coefficient (Wildman–Crippen LogP) is 3.07. The first-order valence-electron chi connectivity index (χ1n) is 12.5. The van der Waals surface area contributed by atoms with Crippen molar-refractivity contribution in [2.45, 2.75) is 26.1 Å². The van der Waals surface area contributed by atoms with Gasteiger partial charge in [0.25, 0.3) is 5.91 Å². The van der Waals surface area contributed by atoms with Gasteiger partial charge in [-0.1, -0.05) is 6.07 Å². The lowest BCUT2D eigenvalue weighted by atomic mass is 10.1. The molecule has 1 aliphatic rings. The maximum absolute atomic E-state index is 13.9. The van der Waals surface area contributed by atoms with E-state index in [2.05, 4.69) is 25.4 Å². The number of aromatic nitrogens is 6. The predicted molar refractivity (Wildman–Crippen MR) is 126 cm³/mol. The first kappa shape index (κ1) is 20.0. The van der Waals surface area contributed by atoms with Crippen molar-refractivity contribution in [1.29, 1.82) is 0 Å². The largest absolute Gasteiger partial charge is 0.382 e. The molecule has 12 heteroatoms. The number of benzene rings is 1. The molecule has 0 unspecified atom stereocenters. The summed E-state index contributed by atoms with van der Waals surface area (Å²) in [5.41, 5.74) is 1.96. The smallest absolute Gasteiger partial charge is 0.290 e. The second-order valence-electron chi connectivity index (χ2n) is 8.44. The zero-order valence-electron chi connectivity index (χ0n) is 22.4. The molecule has 1 aliphatic heterocycles. The van der Waals surface area contributed by atoms with Crippen molar-refractivity contribution in [2.75, 3.05) is 19.0 Å². The molecule has 0 bridgehead atoms. The van der Waals surface area contributed by atoms with Crippen LogP contribution in [0.1, 0.15) is 25.9 Å². The van der Waals surface area contributed by atoms with Gasteiger partial charge < -0.3 is 19.5 Å². The standard InChI is InChI=1S/C24H24F2N8O2/c1-14-9-27-24(30-20-6-7-28-32(20)2)31-21(14)19-12-33-11-16(13-36-3)34(23(35)22(33)29-19)10-15-4-5-17(25)18(26)8-15/h4-9,12,16H,10-11,13H2,1-3H3,(H,27,30,31)/t16-/m0/s1/i3D3. The molecule has 0 fully saturated rings. The Kier molecular flexibility index (Phi) is 5.27. The van der Waals surface area contributed by atoms with E-state index in [4.69, 9.17) is 8.85 Å². The van der Waals surface area contributed by atoms with Crippen LogP contribution in [0, 0.1) is 18.6 Å². The number of nitrogens with one attached hydrogen (secondary N) is 1. The number of hydrogen-bond donors (Lipinski definition) is 1. The molecule has 36 heavy (non-hydrogen) atoms. The molecule has 0 aliphatic carbocycles. The van der Waals surface area contributed by atoms with Gasteiger partial charge in [0.15, 0.2) is 17.5 Å². The number of amides is 1. The first-order valence-corrected chi connectivity index (χ1v) is 11.0. The van der Waals surface area contributed by atoms with Gasteiger partial charge in [-0.3, -0.25) is 9.48 Å². The van der Waals surface area contributed by atoms with Crippen molar-refractivity contribution in [1.82, 2.24) is 34.2 Å². The molecule has 4 heterocycles. The van der Waals surface area contributed by atoms with E-state index in [0.29, 0.717) is 28.7 Å². The average molecular weight is 498 g/mol. The number of fused-ring (bicyclic) bond motifs is 1. The minimum Gasteiger partial charge on any atom is -0.382 e. The molecule has 0 radical (unpaired) electrons. The van der Waals surface area contributed by atoms with Gasteiger partial charge in [0.1, 0.15) is 11.5 Å². The Balaban J connectivity index is 1.47. The van der Waals surface area contributed by atoms with E-state index in [-0.39, 0.29) is 25.5 Å². The highest BCUT2D eigenvalue weighted by Crippen LogP contribution is 2.27. The van der Waals surface area contributed by atoms with Gasteiger partial charge in [-0.25, -0.2) is 23.7 Å². The van der Waals surface area contributed by atoms with Crippen molar-refractivity contribution in [3.63, 3.8) is 0 Å². The summed E-state index contributed by atoms with van der Waals surface area (Å²) in [6.45, 7) is 1.58. The minimum absolute atomic E-state index is 0.0943. The summed E-state index contributed by atoms with van der Waals surface area (Å²) in [7, 11) is -0.905. The number of halogens is 2. The van der Waals surface area contributed by atoms with Crippen LogP contribution in [0.2, 0.25) is 0 Å². The fraction of sp³-hybridized carbons (Fsp3) is 0.292. The van der Waals surface area contributed by atoms with E-state index >= 15 is 0 Å². The normalized spacial score (nSPS) is 16.9. The van der Waals surface area contributed by atoms with Crippen molar-refractivity contribution < 1.29 is 22.4 Å². The van der Waals surface area contributed by atoms with Crippen LogP contribution in [0.15, 0.2) is 42.9 Å². The molecule has 0 spiro atoms. The van der Waals surface area contributed by atoms with Gasteiger partial charge in [0, 0.05) is 45.6 Å². The number of nitrogens with zero attached hydrogens (tertiary/aromatic N) is 7. The highest BCUT2D eigenvalue weighted by Gasteiger charge is 2.35. The third-order valence-corrected chi connectivity index (χ3v) is 5.96. The molecule has 10 nitrogen and oxygen atoms in total. The van der Waals surface area contributed by atoms with Gasteiger partial charge in [0.2, 0.25) is 5.95 Å². The van der Waals surface area contributed by atoms with E-state index in [1.54, 1.807) is 41.0 Å². The van der Waals surface area contributed by atoms with Crippen LogP contribution in [0.4, 0.5) is 20.5 Å². The van der Waals surface area contributed by atoms with Crippen molar-refractivity contribution in [3.8, 4) is 11.4 Å². The lowest BCUT2D eigenvalue weighted by molar-refractivity contribution is 0.0379. The van der Waals surface area contributed by atoms with Crippen LogP contribution < -0.4 is 5.32 Å². The van der Waals surface area contributed by atoms with Gasteiger partial charge >= 0.3 is 0 Å². The van der Waals surface area contributed by atoms with E-state index < -0.39 is 30.6 Å². The van der Waals surface area contributed by atoms with Crippen molar-refractivity contribution in [2.24, 2.45) is 7.05 Å². The number of aryl methyl sites for hydroxylation is 2. The molecule has 3 aromatic heterocycles. The molecule has 1 amide bonds. The molecular formula is C24H24F2N8O2. The van der Waals surface area contributed by atoms with Crippen LogP contribution in [-0.2, 0) is 24.9 Å². The number of methoxy groups -OCH3 is 1. The molecule has 1 atom stereocenters. The highest BCUT2D eigenvalue weighted by molar-refractivity contribution is 5.92. The maximum Gasteiger partial charge on any atom is 0.290 e. The zero-order chi connectivity index (χ0) is 27.9. The third-order valence-electron chi connectivity index (χ3n) is 5.96. The molecule has 0 saturated carbocycles. The first-order chi connectivity index (χ1) is 18.5. The number of hydrogen-bond acceptors (Lipinski definition) is 7. The summed E-state index contributed by atoms with van der Waals surface area (Å²) in [5, 5.41) is 7.18. The Morgan fingerprint density at radius 2 is 2.11 bits per heavy atom. The zero-order valence-corrected chi connectivity index (χ0v) is 19.4. The molecule has 1 aromatic carbocycles. The Morgan fingerprint density at radius 3 is 2.86 bits per heavy atom. The van der Waals surface area contributed by atoms with E-state index in [0.717, 1.165) is 17.7 Å². The SMILES string of the molecule is [2H]C([2H])([2H])OC[C@@H]1Cn2cc(-c3nc(Nc4ccnn4C)ncc3C)nc2C(=O)N1Cc1ccc(F)c(F)c1. The Morgan fingerprint density at radius 1 is 1.25 bits per heavy atom. The number of rotatable bonds is 7. The summed E-state index contributed by atoms with van der Waals surface area (Å²) in [4.78, 5) is 28.4. The summed E-state index contributed by atoms with van der Waals surface area (Å²) >= 11 is 0. The fourth-order valence-corrected chi connectivity index (χ4v) is 4.11. The maximum atomic E-state index is 13.9.